The Kier molecular flexibility index (Phi) is 10.1. The second kappa shape index (κ2) is 13.9. The maximum atomic E-state index is 13.4. The summed E-state index contributed by atoms with van der Waals surface area (Å²) < 4.78 is 6.05. The van der Waals surface area contributed by atoms with Crippen LogP contribution in [0, 0.1) is 12.8 Å². The summed E-state index contributed by atoms with van der Waals surface area (Å²) >= 11 is 0. The Morgan fingerprint density at radius 2 is 1.93 bits per heavy atom. The lowest BCUT2D eigenvalue weighted by Gasteiger charge is -2.34. The fourth-order valence-corrected chi connectivity index (χ4v) is 5.26. The number of amides is 4. The molecule has 3 N–H and O–H groups in total. The number of piperidine rings is 1. The van der Waals surface area contributed by atoms with Crippen molar-refractivity contribution >= 4 is 23.6 Å². The van der Waals surface area contributed by atoms with E-state index >= 15 is 0 Å². The van der Waals surface area contributed by atoms with Gasteiger partial charge in [-0.05, 0) is 85.9 Å². The molecule has 4 amide bonds. The van der Waals surface area contributed by atoms with E-state index in [1.807, 2.05) is 37.3 Å². The largest absolute Gasteiger partial charge is 0.494 e. The van der Waals surface area contributed by atoms with Crippen molar-refractivity contribution in [3.63, 3.8) is 0 Å². The second-order valence-corrected chi connectivity index (χ2v) is 10.7. The maximum Gasteiger partial charge on any atom is 0.243 e. The minimum absolute atomic E-state index is 0.170. The van der Waals surface area contributed by atoms with Gasteiger partial charge in [-0.3, -0.25) is 24.2 Å². The van der Waals surface area contributed by atoms with Crippen LogP contribution in [0.4, 0.5) is 0 Å². The average Bonchev–Trinajstić information content (AvgIpc) is 2.94. The van der Waals surface area contributed by atoms with E-state index in [1.165, 1.54) is 6.92 Å². The zero-order chi connectivity index (χ0) is 28.5. The van der Waals surface area contributed by atoms with Crippen molar-refractivity contribution in [2.75, 3.05) is 19.7 Å². The highest BCUT2D eigenvalue weighted by Crippen LogP contribution is 2.23. The van der Waals surface area contributed by atoms with Gasteiger partial charge in [0.1, 0.15) is 17.8 Å². The number of carbonyl (C=O) groups excluding carboxylic acids is 4. The molecule has 0 radical (unpaired) electrons. The van der Waals surface area contributed by atoms with Crippen molar-refractivity contribution in [3.8, 4) is 5.75 Å². The Labute approximate surface area is 235 Å². The van der Waals surface area contributed by atoms with Crippen molar-refractivity contribution in [2.45, 2.75) is 71.0 Å². The molecular formula is C30H39N5O5. The minimum Gasteiger partial charge on any atom is -0.494 e. The molecule has 2 aromatic rings. The number of pyridine rings is 1. The van der Waals surface area contributed by atoms with Gasteiger partial charge in [-0.25, -0.2) is 0 Å². The molecule has 2 aliphatic rings. The van der Waals surface area contributed by atoms with Crippen molar-refractivity contribution in [1.82, 2.24) is 25.8 Å². The van der Waals surface area contributed by atoms with Gasteiger partial charge in [-0.15, -0.1) is 0 Å². The van der Waals surface area contributed by atoms with E-state index in [4.69, 9.17) is 4.74 Å². The molecule has 0 aliphatic carbocycles. The first kappa shape index (κ1) is 29.0. The van der Waals surface area contributed by atoms with E-state index in [0.717, 1.165) is 41.7 Å². The molecule has 10 nitrogen and oxygen atoms in total. The molecule has 0 spiro atoms. The fraction of sp³-hybridized carbons (Fsp3) is 0.500. The number of ether oxygens (including phenoxy) is 1. The first-order valence-corrected chi connectivity index (χ1v) is 14.0. The molecule has 0 saturated carbocycles. The lowest BCUT2D eigenvalue weighted by atomic mass is 9.94. The molecule has 3 atom stereocenters. The number of fused-ring (bicyclic) bond motifs is 4. The minimum atomic E-state index is -1.08. The van der Waals surface area contributed by atoms with Crippen molar-refractivity contribution in [1.29, 1.82) is 0 Å². The lowest BCUT2D eigenvalue weighted by Crippen LogP contribution is -2.55. The molecule has 40 heavy (non-hydrogen) atoms. The van der Waals surface area contributed by atoms with Crippen LogP contribution in [-0.2, 0) is 32.1 Å². The maximum absolute atomic E-state index is 13.4. The van der Waals surface area contributed by atoms with Gasteiger partial charge in [0.15, 0.2) is 0 Å². The number of aromatic nitrogens is 1. The van der Waals surface area contributed by atoms with Crippen LogP contribution in [0.1, 0.15) is 55.7 Å². The highest BCUT2D eigenvalue weighted by molar-refractivity contribution is 5.94. The van der Waals surface area contributed by atoms with Crippen LogP contribution >= 0.6 is 0 Å². The fourth-order valence-electron chi connectivity index (χ4n) is 5.26. The monoisotopic (exact) mass is 549 g/mol. The van der Waals surface area contributed by atoms with Gasteiger partial charge in [-0.1, -0.05) is 6.07 Å². The zero-order valence-electron chi connectivity index (χ0n) is 23.3. The molecule has 10 heteroatoms. The van der Waals surface area contributed by atoms with Crippen molar-refractivity contribution in [3.05, 3.63) is 59.4 Å². The SMILES string of the molecule is CC(=O)N[C@H]1CC(=O)N2CCCC(CCOc3ccc(C)c(c3)CNC(=O)C(CCc3ccncc3)NC1=O)C2. The summed E-state index contributed by atoms with van der Waals surface area (Å²) in [5.41, 5.74) is 2.92. The standard InChI is InChI=1S/C30H39N5O5/c1-20-5-7-25-16-24(20)18-32-29(38)26(8-6-22-9-12-31-13-10-22)34-30(39)27(33-21(2)36)17-28(37)35-14-3-4-23(19-35)11-15-40-25/h5,7,9-10,12-13,16,23,26-27H,3-4,6,8,11,14-15,17-19H2,1-2H3,(H,32,38)(H,33,36)(H,34,39)/t23?,26?,27-/m0/s1. The Hall–Kier alpha value is -3.95. The molecular weight excluding hydrogens is 510 g/mol. The predicted octanol–water partition coefficient (Wildman–Crippen LogP) is 2.04. The molecule has 1 aromatic carbocycles. The van der Waals surface area contributed by atoms with Crippen LogP contribution in [-0.4, -0.2) is 65.3 Å². The number of nitrogens with one attached hydrogen (secondary N) is 3. The normalized spacial score (nSPS) is 22.7. The van der Waals surface area contributed by atoms with E-state index in [9.17, 15) is 19.2 Å². The zero-order valence-corrected chi connectivity index (χ0v) is 23.3. The topological polar surface area (TPSA) is 130 Å². The number of hydrogen-bond donors (Lipinski definition) is 3. The molecule has 1 fully saturated rings. The quantitative estimate of drug-likeness (QED) is 0.535. The van der Waals surface area contributed by atoms with Gasteiger partial charge >= 0.3 is 0 Å². The third-order valence-electron chi connectivity index (χ3n) is 7.62. The van der Waals surface area contributed by atoms with Gasteiger partial charge in [0.05, 0.1) is 13.0 Å². The van der Waals surface area contributed by atoms with Gasteiger partial charge in [0, 0.05) is 39.0 Å². The number of benzene rings is 1. The highest BCUT2D eigenvalue weighted by atomic mass is 16.5. The van der Waals surface area contributed by atoms with Crippen molar-refractivity contribution in [2.24, 2.45) is 5.92 Å². The Morgan fingerprint density at radius 3 is 2.70 bits per heavy atom. The molecule has 4 rings (SSSR count). The van der Waals surface area contributed by atoms with Gasteiger partial charge in [-0.2, -0.15) is 0 Å². The van der Waals surface area contributed by atoms with Gasteiger partial charge in [0.2, 0.25) is 23.6 Å². The van der Waals surface area contributed by atoms with E-state index in [-0.39, 0.29) is 24.8 Å². The smallest absolute Gasteiger partial charge is 0.243 e. The molecule has 1 aromatic heterocycles. The Morgan fingerprint density at radius 1 is 1.12 bits per heavy atom. The van der Waals surface area contributed by atoms with Crippen LogP contribution in [0.15, 0.2) is 42.7 Å². The summed E-state index contributed by atoms with van der Waals surface area (Å²) in [6.45, 7) is 5.29. The van der Waals surface area contributed by atoms with E-state index < -0.39 is 23.9 Å². The van der Waals surface area contributed by atoms with Crippen LogP contribution < -0.4 is 20.7 Å². The predicted molar refractivity (Wildman–Crippen MR) is 149 cm³/mol. The van der Waals surface area contributed by atoms with Crippen LogP contribution in [0.2, 0.25) is 0 Å². The van der Waals surface area contributed by atoms with Gasteiger partial charge in [0.25, 0.3) is 0 Å². The first-order chi connectivity index (χ1) is 19.3. The molecule has 4 bridgehead atoms. The molecule has 3 heterocycles. The van der Waals surface area contributed by atoms with E-state index in [1.54, 1.807) is 17.3 Å². The first-order valence-electron chi connectivity index (χ1n) is 14.0. The van der Waals surface area contributed by atoms with Crippen LogP contribution in [0.3, 0.4) is 0 Å². The van der Waals surface area contributed by atoms with Crippen LogP contribution in [0.25, 0.3) is 0 Å². The summed E-state index contributed by atoms with van der Waals surface area (Å²) in [7, 11) is 0. The third-order valence-corrected chi connectivity index (χ3v) is 7.62. The summed E-state index contributed by atoms with van der Waals surface area (Å²) in [5, 5.41) is 8.39. The summed E-state index contributed by atoms with van der Waals surface area (Å²) in [4.78, 5) is 57.8. The number of hydrogen-bond acceptors (Lipinski definition) is 6. The van der Waals surface area contributed by atoms with Crippen LogP contribution in [0.5, 0.6) is 5.75 Å². The Bertz CT molecular complexity index is 1200. The molecule has 1 saturated heterocycles. The van der Waals surface area contributed by atoms with Gasteiger partial charge < -0.3 is 25.6 Å². The Balaban J connectivity index is 1.59. The summed E-state index contributed by atoms with van der Waals surface area (Å²) in [6.07, 6.45) is 6.74. The third kappa shape index (κ3) is 8.27. The van der Waals surface area contributed by atoms with Crippen molar-refractivity contribution < 1.29 is 23.9 Å². The average molecular weight is 550 g/mol. The molecule has 2 unspecified atom stereocenters. The number of carbonyl (C=O) groups is 4. The highest BCUT2D eigenvalue weighted by Gasteiger charge is 2.31. The number of rotatable bonds is 4. The second-order valence-electron chi connectivity index (χ2n) is 10.7. The number of aryl methyl sites for hydroxylation is 2. The van der Waals surface area contributed by atoms with E-state index in [2.05, 4.69) is 20.9 Å². The molecule has 2 aliphatic heterocycles. The molecule has 214 valence electrons. The summed E-state index contributed by atoms with van der Waals surface area (Å²) in [6, 6.07) is 7.60. The summed E-state index contributed by atoms with van der Waals surface area (Å²) in [5.74, 6) is -0.481. The van der Waals surface area contributed by atoms with E-state index in [0.29, 0.717) is 38.5 Å². The lowest BCUT2D eigenvalue weighted by molar-refractivity contribution is -0.138. The number of nitrogens with zero attached hydrogens (tertiary/aromatic N) is 2.